The molecule has 2 heterocycles. The van der Waals surface area contributed by atoms with Crippen molar-refractivity contribution >= 4 is 28.2 Å². The highest BCUT2D eigenvalue weighted by molar-refractivity contribution is 5.94. The van der Waals surface area contributed by atoms with Crippen LogP contribution in [0, 0.1) is 5.92 Å². The van der Waals surface area contributed by atoms with Crippen molar-refractivity contribution in [3.05, 3.63) is 59.8 Å². The zero-order valence-corrected chi connectivity index (χ0v) is 19.6. The molecule has 5 nitrogen and oxygen atoms in total. The van der Waals surface area contributed by atoms with Gasteiger partial charge in [0.1, 0.15) is 0 Å². The smallest absolute Gasteiger partial charge is 0.369 e. The van der Waals surface area contributed by atoms with E-state index in [2.05, 4.69) is 15.2 Å². The number of H-pyrrole nitrogens is 1. The van der Waals surface area contributed by atoms with Crippen molar-refractivity contribution in [2.45, 2.75) is 32.9 Å². The molecule has 182 valence electrons. The van der Waals surface area contributed by atoms with E-state index in [1.54, 1.807) is 6.07 Å². The van der Waals surface area contributed by atoms with Gasteiger partial charge in [-0.15, -0.1) is 0 Å². The third-order valence-corrected chi connectivity index (χ3v) is 6.25. The molecule has 2 aromatic carbocycles. The van der Waals surface area contributed by atoms with E-state index in [-0.39, 0.29) is 5.91 Å². The van der Waals surface area contributed by atoms with Gasteiger partial charge in [0.05, 0.1) is 5.56 Å². The second-order valence-electron chi connectivity index (χ2n) is 9.35. The lowest BCUT2D eigenvalue weighted by atomic mass is 10.1. The lowest BCUT2D eigenvalue weighted by Crippen LogP contribution is -2.47. The summed E-state index contributed by atoms with van der Waals surface area (Å²) in [6.07, 6.45) is -0.963. The van der Waals surface area contributed by atoms with E-state index >= 15 is 0 Å². The second-order valence-corrected chi connectivity index (χ2v) is 9.35. The number of piperazine rings is 1. The average molecular weight is 473 g/mol. The summed E-state index contributed by atoms with van der Waals surface area (Å²) in [4.78, 5) is 19.8. The first-order chi connectivity index (χ1) is 16.2. The third-order valence-electron chi connectivity index (χ3n) is 6.25. The lowest BCUT2D eigenvalue weighted by molar-refractivity contribution is -0.137. The summed E-state index contributed by atoms with van der Waals surface area (Å²) in [6, 6.07) is 11.5. The molecule has 1 fully saturated rings. The first-order valence-corrected chi connectivity index (χ1v) is 11.7. The normalized spacial score (nSPS) is 15.3. The number of hydrogen-bond donors (Lipinski definition) is 2. The van der Waals surface area contributed by atoms with Crippen molar-refractivity contribution in [2.75, 3.05) is 42.9 Å². The highest BCUT2D eigenvalue weighted by Crippen LogP contribution is 2.32. The number of alkyl halides is 3. The molecule has 0 radical (unpaired) electrons. The van der Waals surface area contributed by atoms with Crippen LogP contribution in [0.4, 0.5) is 24.5 Å². The van der Waals surface area contributed by atoms with E-state index < -0.39 is 11.7 Å². The lowest BCUT2D eigenvalue weighted by Gasteiger charge is -2.36. The van der Waals surface area contributed by atoms with Gasteiger partial charge in [0, 0.05) is 67.6 Å². The van der Waals surface area contributed by atoms with Gasteiger partial charge in [-0.2, -0.15) is 13.2 Å². The molecule has 1 saturated heterocycles. The summed E-state index contributed by atoms with van der Waals surface area (Å²) < 4.78 is 39.1. The molecule has 3 aromatic rings. The van der Waals surface area contributed by atoms with Crippen LogP contribution in [0.5, 0.6) is 0 Å². The minimum Gasteiger partial charge on any atom is -0.369 e. The van der Waals surface area contributed by atoms with Gasteiger partial charge >= 0.3 is 6.18 Å². The number of nitrogens with zero attached hydrogens (tertiary/aromatic N) is 2. The fourth-order valence-corrected chi connectivity index (χ4v) is 4.43. The number of carbonyl (C=O) groups is 1. The maximum atomic E-state index is 13.0. The highest BCUT2D eigenvalue weighted by atomic mass is 19.4. The Labute approximate surface area is 197 Å². The van der Waals surface area contributed by atoms with Gasteiger partial charge in [0.25, 0.3) is 0 Å². The monoisotopic (exact) mass is 472 g/mol. The van der Waals surface area contributed by atoms with Gasteiger partial charge in [-0.1, -0.05) is 19.9 Å². The van der Waals surface area contributed by atoms with E-state index in [1.807, 2.05) is 43.1 Å². The number of aromatic nitrogens is 1. The van der Waals surface area contributed by atoms with Crippen molar-refractivity contribution in [2.24, 2.45) is 5.92 Å². The highest BCUT2D eigenvalue weighted by Gasteiger charge is 2.31. The van der Waals surface area contributed by atoms with Crippen molar-refractivity contribution < 1.29 is 18.0 Å². The van der Waals surface area contributed by atoms with Crippen molar-refractivity contribution in [1.82, 2.24) is 9.88 Å². The third kappa shape index (κ3) is 5.91. The van der Waals surface area contributed by atoms with Crippen LogP contribution in [0.1, 0.15) is 31.4 Å². The Kier molecular flexibility index (Phi) is 7.16. The zero-order chi connectivity index (χ0) is 24.3. The first-order valence-electron chi connectivity index (χ1n) is 11.7. The van der Waals surface area contributed by atoms with Crippen molar-refractivity contribution in [3.8, 4) is 0 Å². The van der Waals surface area contributed by atoms with Gasteiger partial charge in [-0.25, -0.2) is 0 Å². The van der Waals surface area contributed by atoms with Crippen LogP contribution >= 0.6 is 0 Å². The Morgan fingerprint density at radius 3 is 2.56 bits per heavy atom. The van der Waals surface area contributed by atoms with E-state index in [9.17, 15) is 18.0 Å². The molecule has 34 heavy (non-hydrogen) atoms. The fourth-order valence-electron chi connectivity index (χ4n) is 4.43. The standard InChI is InChI=1S/C26H31F3N4O/c1-18(2)14-25(34)31-21-6-7-24-23(16-21)19(17-30-24)8-9-32-10-12-33(13-11-32)22-5-3-4-20(15-22)26(27,28)29/h3-7,15-18,30H,8-14H2,1-2H3,(H,31,34). The molecule has 0 unspecified atom stereocenters. The summed E-state index contributed by atoms with van der Waals surface area (Å²) in [7, 11) is 0. The van der Waals surface area contributed by atoms with Gasteiger partial charge in [-0.3, -0.25) is 9.69 Å². The van der Waals surface area contributed by atoms with Crippen molar-refractivity contribution in [3.63, 3.8) is 0 Å². The van der Waals surface area contributed by atoms with Crippen LogP contribution in [0.2, 0.25) is 0 Å². The molecule has 0 bridgehead atoms. The predicted octanol–water partition coefficient (Wildman–Crippen LogP) is 5.54. The number of hydrogen-bond acceptors (Lipinski definition) is 3. The molecule has 1 aliphatic rings. The molecule has 2 N–H and O–H groups in total. The number of nitrogens with one attached hydrogen (secondary N) is 2. The van der Waals surface area contributed by atoms with Crippen molar-refractivity contribution in [1.29, 1.82) is 0 Å². The van der Waals surface area contributed by atoms with Gasteiger partial charge in [-0.05, 0) is 54.3 Å². The number of benzene rings is 2. The molecule has 1 aliphatic heterocycles. The Morgan fingerprint density at radius 2 is 1.85 bits per heavy atom. The topological polar surface area (TPSA) is 51.4 Å². The Balaban J connectivity index is 1.33. The van der Waals surface area contributed by atoms with E-state index in [1.165, 1.54) is 17.7 Å². The summed E-state index contributed by atoms with van der Waals surface area (Å²) in [5, 5.41) is 4.08. The quantitative estimate of drug-likeness (QED) is 0.475. The fraction of sp³-hybridized carbons (Fsp3) is 0.423. The largest absolute Gasteiger partial charge is 0.416 e. The number of fused-ring (bicyclic) bond motifs is 1. The number of rotatable bonds is 7. The number of aromatic amines is 1. The first kappa shape index (κ1) is 24.1. The van der Waals surface area contributed by atoms with E-state index in [0.29, 0.717) is 31.1 Å². The minimum absolute atomic E-state index is 0.0186. The molecule has 1 amide bonds. The molecule has 0 atom stereocenters. The number of carbonyl (C=O) groups excluding carboxylic acids is 1. The van der Waals surface area contributed by atoms with Crippen LogP contribution in [0.25, 0.3) is 10.9 Å². The van der Waals surface area contributed by atoms with Crippen LogP contribution in [-0.4, -0.2) is 48.5 Å². The van der Waals surface area contributed by atoms with Gasteiger partial charge in [0.15, 0.2) is 0 Å². The average Bonchev–Trinajstić information content (AvgIpc) is 3.19. The molecular weight excluding hydrogens is 441 g/mol. The Hall–Kier alpha value is -3.00. The SMILES string of the molecule is CC(C)CC(=O)Nc1ccc2[nH]cc(CCN3CCN(c4cccc(C(F)(F)F)c4)CC3)c2c1. The Morgan fingerprint density at radius 1 is 1.09 bits per heavy atom. The molecule has 0 spiro atoms. The summed E-state index contributed by atoms with van der Waals surface area (Å²) in [5.41, 5.74) is 3.04. The van der Waals surface area contributed by atoms with Crippen LogP contribution in [-0.2, 0) is 17.4 Å². The molecule has 8 heteroatoms. The molecule has 0 saturated carbocycles. The van der Waals surface area contributed by atoms with Gasteiger partial charge in [0.2, 0.25) is 5.91 Å². The molecule has 1 aromatic heterocycles. The van der Waals surface area contributed by atoms with E-state index in [0.717, 1.165) is 48.7 Å². The molecule has 4 rings (SSSR count). The maximum absolute atomic E-state index is 13.0. The minimum atomic E-state index is -4.33. The second kappa shape index (κ2) is 10.1. The van der Waals surface area contributed by atoms with Crippen LogP contribution in [0.15, 0.2) is 48.7 Å². The van der Waals surface area contributed by atoms with Crippen LogP contribution in [0.3, 0.4) is 0 Å². The van der Waals surface area contributed by atoms with Crippen LogP contribution < -0.4 is 10.2 Å². The summed E-state index contributed by atoms with van der Waals surface area (Å²) in [5.74, 6) is 0.325. The predicted molar refractivity (Wildman–Crippen MR) is 130 cm³/mol. The molecule has 0 aliphatic carbocycles. The summed E-state index contributed by atoms with van der Waals surface area (Å²) in [6.45, 7) is 7.90. The zero-order valence-electron chi connectivity index (χ0n) is 19.6. The molecular formula is C26H31F3N4O. The maximum Gasteiger partial charge on any atom is 0.416 e. The number of amides is 1. The van der Waals surface area contributed by atoms with E-state index in [4.69, 9.17) is 0 Å². The summed E-state index contributed by atoms with van der Waals surface area (Å²) >= 11 is 0. The Bertz CT molecular complexity index is 1130. The number of anilines is 2. The van der Waals surface area contributed by atoms with Gasteiger partial charge < -0.3 is 15.2 Å². The number of halogens is 3.